The highest BCUT2D eigenvalue weighted by Gasteiger charge is 2.24. The zero-order chi connectivity index (χ0) is 13.3. The molecule has 2 N–H and O–H groups in total. The molecule has 1 aliphatic rings. The molecule has 0 aromatic rings. The Balaban J connectivity index is 0.00000121. The number of allylic oxidation sites excluding steroid dienone is 1. The van der Waals surface area contributed by atoms with Gasteiger partial charge in [-0.2, -0.15) is 0 Å². The standard InChI is InChI=1S/C13H26N2.C2H6/c1-4-12(6-7-14)9-15-10-13(5-2)8-11(15)3;1-2/h12-13H,3-10,14H2,1-2H3;1-2H3. The van der Waals surface area contributed by atoms with Gasteiger partial charge in [-0.15, -0.1) is 0 Å². The van der Waals surface area contributed by atoms with E-state index in [2.05, 4.69) is 25.3 Å². The lowest BCUT2D eigenvalue weighted by Gasteiger charge is -2.25. The first-order valence-electron chi connectivity index (χ1n) is 7.34. The molecule has 0 amide bonds. The molecule has 1 rings (SSSR count). The van der Waals surface area contributed by atoms with Crippen LogP contribution in [-0.4, -0.2) is 24.5 Å². The molecule has 2 unspecified atom stereocenters. The lowest BCUT2D eigenvalue weighted by atomic mass is 10.0. The van der Waals surface area contributed by atoms with Crippen molar-refractivity contribution >= 4 is 0 Å². The second-order valence-corrected chi connectivity index (χ2v) is 4.80. The van der Waals surface area contributed by atoms with Crippen molar-refractivity contribution in [2.45, 2.75) is 53.4 Å². The van der Waals surface area contributed by atoms with Crippen LogP contribution in [-0.2, 0) is 0 Å². The quantitative estimate of drug-likeness (QED) is 0.768. The third-order valence-electron chi connectivity index (χ3n) is 3.66. The Morgan fingerprint density at radius 2 is 2.06 bits per heavy atom. The number of nitrogens with two attached hydrogens (primary N) is 1. The van der Waals surface area contributed by atoms with Crippen molar-refractivity contribution in [2.75, 3.05) is 19.6 Å². The van der Waals surface area contributed by atoms with E-state index >= 15 is 0 Å². The van der Waals surface area contributed by atoms with Gasteiger partial charge in [0, 0.05) is 18.8 Å². The third-order valence-corrected chi connectivity index (χ3v) is 3.66. The summed E-state index contributed by atoms with van der Waals surface area (Å²) in [7, 11) is 0. The molecule has 0 spiro atoms. The van der Waals surface area contributed by atoms with Crippen molar-refractivity contribution in [3.8, 4) is 0 Å². The molecule has 2 heteroatoms. The molecule has 102 valence electrons. The minimum atomic E-state index is 0.752. The fraction of sp³-hybridized carbons (Fsp3) is 0.867. The van der Waals surface area contributed by atoms with Crippen molar-refractivity contribution < 1.29 is 0 Å². The van der Waals surface area contributed by atoms with Crippen LogP contribution in [0.5, 0.6) is 0 Å². The summed E-state index contributed by atoms with van der Waals surface area (Å²) < 4.78 is 0. The first-order valence-corrected chi connectivity index (χ1v) is 7.34. The van der Waals surface area contributed by atoms with E-state index in [1.165, 1.54) is 38.0 Å². The normalized spacial score (nSPS) is 21.1. The van der Waals surface area contributed by atoms with Crippen LogP contribution >= 0.6 is 0 Å². The fourth-order valence-electron chi connectivity index (χ4n) is 2.42. The molecule has 0 saturated carbocycles. The zero-order valence-electron chi connectivity index (χ0n) is 12.3. The van der Waals surface area contributed by atoms with Crippen LogP contribution in [0.2, 0.25) is 0 Å². The maximum Gasteiger partial charge on any atom is 0.0206 e. The van der Waals surface area contributed by atoms with Gasteiger partial charge >= 0.3 is 0 Å². The van der Waals surface area contributed by atoms with Crippen LogP contribution in [0.3, 0.4) is 0 Å². The molecule has 2 atom stereocenters. The summed E-state index contributed by atoms with van der Waals surface area (Å²) in [6.07, 6.45) is 4.87. The van der Waals surface area contributed by atoms with Gasteiger partial charge in [-0.3, -0.25) is 0 Å². The number of hydrogen-bond acceptors (Lipinski definition) is 2. The van der Waals surface area contributed by atoms with Crippen LogP contribution in [0, 0.1) is 11.8 Å². The molecule has 1 fully saturated rings. The summed E-state index contributed by atoms with van der Waals surface area (Å²) in [5.74, 6) is 1.59. The van der Waals surface area contributed by atoms with Gasteiger partial charge in [-0.05, 0) is 31.2 Å². The van der Waals surface area contributed by atoms with E-state index in [-0.39, 0.29) is 0 Å². The number of hydrogen-bond donors (Lipinski definition) is 1. The van der Waals surface area contributed by atoms with E-state index < -0.39 is 0 Å². The topological polar surface area (TPSA) is 29.3 Å². The van der Waals surface area contributed by atoms with E-state index in [9.17, 15) is 0 Å². The van der Waals surface area contributed by atoms with Crippen LogP contribution in [0.25, 0.3) is 0 Å². The Hall–Kier alpha value is -0.500. The molecule has 0 bridgehead atoms. The minimum Gasteiger partial charge on any atom is -0.375 e. The van der Waals surface area contributed by atoms with Gasteiger partial charge < -0.3 is 10.6 Å². The molecule has 0 radical (unpaired) electrons. The van der Waals surface area contributed by atoms with Crippen molar-refractivity contribution in [3.05, 3.63) is 12.3 Å². The summed E-state index contributed by atoms with van der Waals surface area (Å²) >= 11 is 0. The molecule has 0 aromatic carbocycles. The average molecular weight is 240 g/mol. The van der Waals surface area contributed by atoms with Gasteiger partial charge in [0.2, 0.25) is 0 Å². The predicted octanol–water partition coefficient (Wildman–Crippen LogP) is 3.63. The van der Waals surface area contributed by atoms with Crippen molar-refractivity contribution in [2.24, 2.45) is 17.6 Å². The summed E-state index contributed by atoms with van der Waals surface area (Å²) in [5.41, 5.74) is 6.97. The van der Waals surface area contributed by atoms with E-state index in [1.807, 2.05) is 13.8 Å². The van der Waals surface area contributed by atoms with E-state index in [0.29, 0.717) is 0 Å². The Morgan fingerprint density at radius 3 is 2.47 bits per heavy atom. The highest BCUT2D eigenvalue weighted by molar-refractivity contribution is 5.03. The highest BCUT2D eigenvalue weighted by Crippen LogP contribution is 2.28. The highest BCUT2D eigenvalue weighted by atomic mass is 15.2. The molecule has 17 heavy (non-hydrogen) atoms. The number of nitrogens with zero attached hydrogens (tertiary/aromatic N) is 1. The van der Waals surface area contributed by atoms with Crippen molar-refractivity contribution in [1.29, 1.82) is 0 Å². The Bertz CT molecular complexity index is 201. The van der Waals surface area contributed by atoms with Gasteiger partial charge in [0.15, 0.2) is 0 Å². The molecular formula is C15H32N2. The van der Waals surface area contributed by atoms with Gasteiger partial charge in [0.1, 0.15) is 0 Å². The summed E-state index contributed by atoms with van der Waals surface area (Å²) in [5, 5.41) is 0. The van der Waals surface area contributed by atoms with Gasteiger partial charge in [0.25, 0.3) is 0 Å². The summed E-state index contributed by atoms with van der Waals surface area (Å²) in [6.45, 7) is 15.9. The van der Waals surface area contributed by atoms with Crippen LogP contribution in [0.15, 0.2) is 12.3 Å². The Kier molecular flexibility index (Phi) is 9.24. The van der Waals surface area contributed by atoms with Crippen molar-refractivity contribution in [3.63, 3.8) is 0 Å². The van der Waals surface area contributed by atoms with E-state index in [4.69, 9.17) is 5.73 Å². The van der Waals surface area contributed by atoms with Crippen LogP contribution in [0.4, 0.5) is 0 Å². The van der Waals surface area contributed by atoms with Crippen molar-refractivity contribution in [1.82, 2.24) is 4.90 Å². The molecule has 1 saturated heterocycles. The zero-order valence-corrected chi connectivity index (χ0v) is 12.3. The van der Waals surface area contributed by atoms with Crippen LogP contribution in [0.1, 0.15) is 53.4 Å². The minimum absolute atomic E-state index is 0.752. The fourth-order valence-corrected chi connectivity index (χ4v) is 2.42. The Morgan fingerprint density at radius 1 is 1.41 bits per heavy atom. The molecule has 1 aliphatic heterocycles. The van der Waals surface area contributed by atoms with Gasteiger partial charge in [-0.25, -0.2) is 0 Å². The van der Waals surface area contributed by atoms with Crippen LogP contribution < -0.4 is 5.73 Å². The summed E-state index contributed by atoms with van der Waals surface area (Å²) in [6, 6.07) is 0. The lowest BCUT2D eigenvalue weighted by molar-refractivity contribution is 0.286. The maximum absolute atomic E-state index is 5.63. The van der Waals surface area contributed by atoms with E-state index in [1.54, 1.807) is 0 Å². The van der Waals surface area contributed by atoms with Gasteiger partial charge in [-0.1, -0.05) is 47.1 Å². The first kappa shape index (κ1) is 16.5. The molecule has 2 nitrogen and oxygen atoms in total. The first-order chi connectivity index (χ1) is 8.21. The average Bonchev–Trinajstić information content (AvgIpc) is 2.72. The number of likely N-dealkylation sites (tertiary alicyclic amines) is 1. The molecular weight excluding hydrogens is 208 g/mol. The maximum atomic E-state index is 5.63. The SMILES string of the molecule is C=C1CC(CC)CN1CC(CC)CCN.CC. The van der Waals surface area contributed by atoms with Gasteiger partial charge in [0.05, 0.1) is 0 Å². The second-order valence-electron chi connectivity index (χ2n) is 4.80. The number of rotatable bonds is 6. The lowest BCUT2D eigenvalue weighted by Crippen LogP contribution is -2.27. The smallest absolute Gasteiger partial charge is 0.0206 e. The Labute approximate surface area is 108 Å². The second kappa shape index (κ2) is 9.52. The predicted molar refractivity (Wildman–Crippen MR) is 77.9 cm³/mol. The van der Waals surface area contributed by atoms with E-state index in [0.717, 1.165) is 24.8 Å². The summed E-state index contributed by atoms with van der Waals surface area (Å²) in [4.78, 5) is 2.48. The third kappa shape index (κ3) is 5.58. The molecule has 1 heterocycles. The monoisotopic (exact) mass is 240 g/mol. The molecule has 0 aliphatic carbocycles. The molecule has 0 aromatic heterocycles. The largest absolute Gasteiger partial charge is 0.375 e.